The van der Waals surface area contributed by atoms with Crippen LogP contribution in [0.15, 0.2) is 0 Å². The third kappa shape index (κ3) is 4.21. The first-order valence-electron chi connectivity index (χ1n) is 8.98. The fourth-order valence-corrected chi connectivity index (χ4v) is 3.18. The summed E-state index contributed by atoms with van der Waals surface area (Å²) < 4.78 is 2.17. The fourth-order valence-electron chi connectivity index (χ4n) is 3.18. The van der Waals surface area contributed by atoms with Crippen LogP contribution < -0.4 is 10.6 Å². The summed E-state index contributed by atoms with van der Waals surface area (Å²) in [6.07, 6.45) is 1.83. The minimum absolute atomic E-state index is 0.195. The van der Waals surface area contributed by atoms with Gasteiger partial charge in [0.25, 0.3) is 5.91 Å². The van der Waals surface area contributed by atoms with Gasteiger partial charge in [-0.3, -0.25) is 14.5 Å². The summed E-state index contributed by atoms with van der Waals surface area (Å²) in [5.74, 6) is 0.493. The Kier molecular flexibility index (Phi) is 5.87. The summed E-state index contributed by atoms with van der Waals surface area (Å²) in [6, 6.07) is -0.613. The van der Waals surface area contributed by atoms with Crippen molar-refractivity contribution in [2.24, 2.45) is 5.41 Å². The van der Waals surface area contributed by atoms with Crippen LogP contribution in [0.4, 0.5) is 0 Å². The van der Waals surface area contributed by atoms with Gasteiger partial charge < -0.3 is 15.2 Å². The molecule has 0 bridgehead atoms. The standard InChI is InChI=1S/C18H31N5O2/c1-7-8-13-20-14(12-11-22(6)9-10-23(12)13)16(24)21-15(17(25)19-5)18(2,3)4/h15H,7-11H2,1-6H3,(H,19,25)(H,21,24). The van der Waals surface area contributed by atoms with E-state index in [9.17, 15) is 9.59 Å². The van der Waals surface area contributed by atoms with E-state index in [4.69, 9.17) is 0 Å². The van der Waals surface area contributed by atoms with E-state index in [1.807, 2.05) is 27.8 Å². The van der Waals surface area contributed by atoms with E-state index in [0.717, 1.165) is 37.4 Å². The molecule has 1 unspecified atom stereocenters. The number of aromatic nitrogens is 2. The molecular weight excluding hydrogens is 318 g/mol. The molecule has 1 aliphatic heterocycles. The molecule has 1 aromatic rings. The highest BCUT2D eigenvalue weighted by Gasteiger charge is 2.34. The van der Waals surface area contributed by atoms with Gasteiger partial charge in [-0.2, -0.15) is 0 Å². The van der Waals surface area contributed by atoms with Gasteiger partial charge in [-0.1, -0.05) is 27.7 Å². The number of rotatable bonds is 5. The summed E-state index contributed by atoms with van der Waals surface area (Å²) in [5, 5.41) is 5.53. The second kappa shape index (κ2) is 7.56. The first-order chi connectivity index (χ1) is 11.7. The Labute approximate surface area is 150 Å². The predicted octanol–water partition coefficient (Wildman–Crippen LogP) is 1.17. The topological polar surface area (TPSA) is 79.3 Å². The Morgan fingerprint density at radius 1 is 1.28 bits per heavy atom. The molecule has 0 aliphatic carbocycles. The molecule has 0 spiro atoms. The molecule has 0 saturated heterocycles. The highest BCUT2D eigenvalue weighted by molar-refractivity contribution is 5.97. The second-order valence-corrected chi connectivity index (χ2v) is 7.85. The smallest absolute Gasteiger partial charge is 0.272 e. The van der Waals surface area contributed by atoms with E-state index in [2.05, 4.69) is 32.0 Å². The lowest BCUT2D eigenvalue weighted by atomic mass is 9.86. The Morgan fingerprint density at radius 2 is 1.96 bits per heavy atom. The molecule has 25 heavy (non-hydrogen) atoms. The third-order valence-corrected chi connectivity index (χ3v) is 4.62. The first-order valence-corrected chi connectivity index (χ1v) is 8.98. The number of nitrogens with one attached hydrogen (secondary N) is 2. The zero-order valence-corrected chi connectivity index (χ0v) is 16.3. The second-order valence-electron chi connectivity index (χ2n) is 7.85. The Hall–Kier alpha value is -1.89. The fraction of sp³-hybridized carbons (Fsp3) is 0.722. The van der Waals surface area contributed by atoms with Crippen LogP contribution in [0.3, 0.4) is 0 Å². The molecule has 2 amide bonds. The third-order valence-electron chi connectivity index (χ3n) is 4.62. The van der Waals surface area contributed by atoms with Crippen LogP contribution in [0.5, 0.6) is 0 Å². The maximum Gasteiger partial charge on any atom is 0.272 e. The van der Waals surface area contributed by atoms with Crippen molar-refractivity contribution >= 4 is 11.8 Å². The molecule has 0 saturated carbocycles. The lowest BCUT2D eigenvalue weighted by Crippen LogP contribution is -2.53. The maximum atomic E-state index is 12.9. The lowest BCUT2D eigenvalue weighted by Gasteiger charge is -2.30. The van der Waals surface area contributed by atoms with Gasteiger partial charge in [-0.25, -0.2) is 4.98 Å². The van der Waals surface area contributed by atoms with Crippen molar-refractivity contribution < 1.29 is 9.59 Å². The maximum absolute atomic E-state index is 12.9. The SMILES string of the molecule is CCCc1nc(C(=O)NC(C(=O)NC)C(C)(C)C)c2n1CCN(C)C2. The molecule has 2 N–H and O–H groups in total. The van der Waals surface area contributed by atoms with Crippen molar-refractivity contribution in [2.45, 2.75) is 59.7 Å². The molecule has 140 valence electrons. The number of hydrogen-bond acceptors (Lipinski definition) is 4. The van der Waals surface area contributed by atoms with Crippen molar-refractivity contribution in [2.75, 3.05) is 20.6 Å². The summed E-state index contributed by atoms with van der Waals surface area (Å²) in [6.45, 7) is 10.4. The van der Waals surface area contributed by atoms with Gasteiger partial charge >= 0.3 is 0 Å². The molecule has 1 aliphatic rings. The van der Waals surface area contributed by atoms with Crippen LogP contribution in [0.25, 0.3) is 0 Å². The molecule has 7 heteroatoms. The van der Waals surface area contributed by atoms with E-state index in [-0.39, 0.29) is 11.8 Å². The molecule has 2 heterocycles. The Bertz CT molecular complexity index is 645. The number of amides is 2. The Balaban J connectivity index is 2.33. The number of carbonyl (C=O) groups is 2. The number of nitrogens with zero attached hydrogens (tertiary/aromatic N) is 3. The van der Waals surface area contributed by atoms with Crippen LogP contribution in [0.2, 0.25) is 0 Å². The van der Waals surface area contributed by atoms with Crippen molar-refractivity contribution in [1.29, 1.82) is 0 Å². The average Bonchev–Trinajstić information content (AvgIpc) is 2.89. The van der Waals surface area contributed by atoms with Gasteiger partial charge in [-0.05, 0) is 18.9 Å². The highest BCUT2D eigenvalue weighted by Crippen LogP contribution is 2.22. The molecule has 1 atom stereocenters. The van der Waals surface area contributed by atoms with Gasteiger partial charge in [0.05, 0.1) is 5.69 Å². The summed E-state index contributed by atoms with van der Waals surface area (Å²) in [5.41, 5.74) is 1.01. The van der Waals surface area contributed by atoms with E-state index in [1.165, 1.54) is 0 Å². The average molecular weight is 349 g/mol. The molecular formula is C18H31N5O2. The first kappa shape index (κ1) is 19.4. The minimum Gasteiger partial charge on any atom is -0.357 e. The van der Waals surface area contributed by atoms with Crippen molar-refractivity contribution in [3.8, 4) is 0 Å². The lowest BCUT2D eigenvalue weighted by molar-refractivity contribution is -0.124. The van der Waals surface area contributed by atoms with Crippen LogP contribution in [-0.2, 0) is 24.3 Å². The van der Waals surface area contributed by atoms with Crippen molar-refractivity contribution in [3.05, 3.63) is 17.2 Å². The number of imidazole rings is 1. The zero-order chi connectivity index (χ0) is 18.8. The summed E-state index contributed by atoms with van der Waals surface area (Å²) in [4.78, 5) is 32.0. The van der Waals surface area contributed by atoms with E-state index < -0.39 is 11.5 Å². The molecule has 0 aromatic carbocycles. The van der Waals surface area contributed by atoms with E-state index >= 15 is 0 Å². The van der Waals surface area contributed by atoms with Gasteiger partial charge in [0.2, 0.25) is 5.91 Å². The number of fused-ring (bicyclic) bond motifs is 1. The summed E-state index contributed by atoms with van der Waals surface area (Å²) in [7, 11) is 3.63. The summed E-state index contributed by atoms with van der Waals surface area (Å²) >= 11 is 0. The highest BCUT2D eigenvalue weighted by atomic mass is 16.2. The van der Waals surface area contributed by atoms with E-state index in [1.54, 1.807) is 7.05 Å². The molecule has 1 aromatic heterocycles. The van der Waals surface area contributed by atoms with Gasteiger partial charge in [0, 0.05) is 33.1 Å². The molecule has 2 rings (SSSR count). The van der Waals surface area contributed by atoms with Crippen LogP contribution in [0.1, 0.15) is 56.1 Å². The predicted molar refractivity (Wildman–Crippen MR) is 97.3 cm³/mol. The van der Waals surface area contributed by atoms with Crippen molar-refractivity contribution in [3.63, 3.8) is 0 Å². The van der Waals surface area contributed by atoms with Crippen molar-refractivity contribution in [1.82, 2.24) is 25.1 Å². The number of aryl methyl sites for hydroxylation is 1. The zero-order valence-electron chi connectivity index (χ0n) is 16.3. The van der Waals surface area contributed by atoms with Crippen LogP contribution in [-0.4, -0.2) is 52.9 Å². The largest absolute Gasteiger partial charge is 0.357 e. The molecule has 7 nitrogen and oxygen atoms in total. The number of hydrogen-bond donors (Lipinski definition) is 2. The monoisotopic (exact) mass is 349 g/mol. The molecule has 0 radical (unpaired) electrons. The normalized spacial score (nSPS) is 16.2. The van der Waals surface area contributed by atoms with Crippen LogP contribution in [0, 0.1) is 5.41 Å². The van der Waals surface area contributed by atoms with Gasteiger partial charge in [-0.15, -0.1) is 0 Å². The Morgan fingerprint density at radius 3 is 2.52 bits per heavy atom. The van der Waals surface area contributed by atoms with E-state index in [0.29, 0.717) is 12.2 Å². The number of carbonyl (C=O) groups excluding carboxylic acids is 2. The quantitative estimate of drug-likeness (QED) is 0.836. The van der Waals surface area contributed by atoms with Gasteiger partial charge in [0.1, 0.15) is 11.9 Å². The van der Waals surface area contributed by atoms with Gasteiger partial charge in [0.15, 0.2) is 5.69 Å². The molecule has 0 fully saturated rings. The number of likely N-dealkylation sites (N-methyl/N-ethyl adjacent to an activating group) is 2. The van der Waals surface area contributed by atoms with Crippen LogP contribution >= 0.6 is 0 Å². The minimum atomic E-state index is -0.613.